The fourth-order valence-electron chi connectivity index (χ4n) is 2.47. The van der Waals surface area contributed by atoms with E-state index in [1.54, 1.807) is 11.3 Å². The number of rotatable bonds is 4. The maximum atomic E-state index is 4.29. The molecule has 18 heavy (non-hydrogen) atoms. The smallest absolute Gasteiger partial charge is 0.0795 e. The fourth-order valence-corrected chi connectivity index (χ4v) is 3.03. The second-order valence-corrected chi connectivity index (χ2v) is 5.86. The summed E-state index contributed by atoms with van der Waals surface area (Å²) in [5, 5.41) is 5.69. The van der Waals surface area contributed by atoms with Crippen molar-refractivity contribution in [3.05, 3.63) is 52.0 Å². The quantitative estimate of drug-likeness (QED) is 0.908. The zero-order valence-corrected chi connectivity index (χ0v) is 11.4. The number of aromatic nitrogens is 1. The minimum atomic E-state index is 0.665. The van der Waals surface area contributed by atoms with Gasteiger partial charge in [0.15, 0.2) is 0 Å². The van der Waals surface area contributed by atoms with Gasteiger partial charge in [0, 0.05) is 18.0 Å². The van der Waals surface area contributed by atoms with Crippen LogP contribution in [-0.2, 0) is 6.54 Å². The van der Waals surface area contributed by atoms with Crippen molar-refractivity contribution in [1.29, 1.82) is 0 Å². The van der Waals surface area contributed by atoms with Crippen molar-refractivity contribution in [3.63, 3.8) is 0 Å². The second-order valence-electron chi connectivity index (χ2n) is 5.14. The Morgan fingerprint density at radius 2 is 2.06 bits per heavy atom. The Balaban J connectivity index is 1.47. The first-order chi connectivity index (χ1) is 8.81. The van der Waals surface area contributed by atoms with E-state index in [2.05, 4.69) is 46.9 Å². The molecule has 0 amide bonds. The third-order valence-corrected chi connectivity index (χ3v) is 4.38. The summed E-state index contributed by atoms with van der Waals surface area (Å²) in [5.74, 6) is 0.749. The van der Waals surface area contributed by atoms with Gasteiger partial charge in [0.2, 0.25) is 0 Å². The van der Waals surface area contributed by atoms with E-state index in [-0.39, 0.29) is 0 Å². The highest BCUT2D eigenvalue weighted by molar-refractivity contribution is 7.07. The highest BCUT2D eigenvalue weighted by Gasteiger charge is 2.29. The highest BCUT2D eigenvalue weighted by Crippen LogP contribution is 2.36. The lowest BCUT2D eigenvalue weighted by Crippen LogP contribution is -2.39. The van der Waals surface area contributed by atoms with Gasteiger partial charge in [0.1, 0.15) is 0 Å². The summed E-state index contributed by atoms with van der Waals surface area (Å²) in [5.41, 5.74) is 5.90. The van der Waals surface area contributed by atoms with Crippen LogP contribution in [0.2, 0.25) is 0 Å². The summed E-state index contributed by atoms with van der Waals surface area (Å²) in [6, 6.07) is 9.64. The van der Waals surface area contributed by atoms with E-state index in [0.29, 0.717) is 6.04 Å². The predicted molar refractivity (Wildman–Crippen MR) is 75.9 cm³/mol. The van der Waals surface area contributed by atoms with Crippen LogP contribution >= 0.6 is 11.3 Å². The van der Waals surface area contributed by atoms with Crippen molar-refractivity contribution in [3.8, 4) is 0 Å². The molecular weight excluding hydrogens is 240 g/mol. The van der Waals surface area contributed by atoms with Gasteiger partial charge in [0.25, 0.3) is 0 Å². The van der Waals surface area contributed by atoms with Gasteiger partial charge in [-0.25, -0.2) is 4.98 Å². The van der Waals surface area contributed by atoms with Gasteiger partial charge in [-0.15, -0.1) is 11.3 Å². The summed E-state index contributed by atoms with van der Waals surface area (Å²) in [6.07, 6.45) is 2.51. The number of hydrogen-bond acceptors (Lipinski definition) is 3. The zero-order chi connectivity index (χ0) is 12.4. The van der Waals surface area contributed by atoms with Crippen LogP contribution in [-0.4, -0.2) is 11.0 Å². The first-order valence-electron chi connectivity index (χ1n) is 6.48. The Labute approximate surface area is 112 Å². The molecule has 0 atom stereocenters. The molecule has 1 N–H and O–H groups in total. The van der Waals surface area contributed by atoms with E-state index >= 15 is 0 Å². The van der Waals surface area contributed by atoms with E-state index in [4.69, 9.17) is 0 Å². The minimum absolute atomic E-state index is 0.665. The number of aryl methyl sites for hydroxylation is 1. The molecule has 94 valence electrons. The van der Waals surface area contributed by atoms with Crippen LogP contribution in [0.4, 0.5) is 0 Å². The molecule has 0 unspecified atom stereocenters. The van der Waals surface area contributed by atoms with Gasteiger partial charge >= 0.3 is 0 Å². The molecule has 2 nitrogen and oxygen atoms in total. The lowest BCUT2D eigenvalue weighted by atomic mass is 9.76. The molecule has 3 heteroatoms. The molecule has 3 rings (SSSR count). The van der Waals surface area contributed by atoms with Crippen molar-refractivity contribution in [2.45, 2.75) is 38.3 Å². The van der Waals surface area contributed by atoms with Gasteiger partial charge in [-0.2, -0.15) is 0 Å². The number of nitrogens with zero attached hydrogens (tertiary/aromatic N) is 1. The molecule has 1 aliphatic rings. The Morgan fingerprint density at radius 1 is 1.28 bits per heavy atom. The first kappa shape index (κ1) is 11.9. The molecule has 1 aromatic heterocycles. The molecular formula is C15H18N2S. The van der Waals surface area contributed by atoms with Gasteiger partial charge < -0.3 is 5.32 Å². The lowest BCUT2D eigenvalue weighted by Gasteiger charge is -2.36. The van der Waals surface area contributed by atoms with Crippen LogP contribution in [0.25, 0.3) is 0 Å². The zero-order valence-electron chi connectivity index (χ0n) is 10.6. The molecule has 1 aliphatic carbocycles. The number of thiazole rings is 1. The van der Waals surface area contributed by atoms with Crippen molar-refractivity contribution in [2.24, 2.45) is 0 Å². The van der Waals surface area contributed by atoms with Crippen molar-refractivity contribution in [1.82, 2.24) is 10.3 Å². The second kappa shape index (κ2) is 5.21. The maximum absolute atomic E-state index is 4.29. The normalized spacial score (nSPS) is 22.7. The predicted octanol–water partition coefficient (Wildman–Crippen LogP) is 3.49. The van der Waals surface area contributed by atoms with Crippen LogP contribution in [0.1, 0.15) is 35.6 Å². The SMILES string of the molecule is Cc1ccc(C2CC(NCc3cscn3)C2)cc1. The molecule has 0 bridgehead atoms. The van der Waals surface area contributed by atoms with Crippen LogP contribution in [0.5, 0.6) is 0 Å². The lowest BCUT2D eigenvalue weighted by molar-refractivity contribution is 0.289. The topological polar surface area (TPSA) is 24.9 Å². The molecule has 0 spiro atoms. The number of benzene rings is 1. The molecule has 0 saturated heterocycles. The van der Waals surface area contributed by atoms with E-state index < -0.39 is 0 Å². The molecule has 1 fully saturated rings. The van der Waals surface area contributed by atoms with E-state index in [1.165, 1.54) is 29.7 Å². The Hall–Kier alpha value is -1.19. The van der Waals surface area contributed by atoms with Gasteiger partial charge in [-0.1, -0.05) is 29.8 Å². The van der Waals surface area contributed by atoms with Crippen molar-refractivity contribution >= 4 is 11.3 Å². The van der Waals surface area contributed by atoms with Crippen molar-refractivity contribution in [2.75, 3.05) is 0 Å². The third-order valence-electron chi connectivity index (χ3n) is 3.74. The summed E-state index contributed by atoms with van der Waals surface area (Å²) < 4.78 is 0. The summed E-state index contributed by atoms with van der Waals surface area (Å²) in [4.78, 5) is 4.29. The van der Waals surface area contributed by atoms with Crippen LogP contribution in [0.3, 0.4) is 0 Å². The van der Waals surface area contributed by atoms with Gasteiger partial charge in [0.05, 0.1) is 11.2 Å². The van der Waals surface area contributed by atoms with E-state index in [9.17, 15) is 0 Å². The van der Waals surface area contributed by atoms with E-state index in [0.717, 1.165) is 12.5 Å². The molecule has 0 aliphatic heterocycles. The van der Waals surface area contributed by atoms with Crippen LogP contribution < -0.4 is 5.32 Å². The summed E-state index contributed by atoms with van der Waals surface area (Å²) in [7, 11) is 0. The number of nitrogens with one attached hydrogen (secondary N) is 1. The fraction of sp³-hybridized carbons (Fsp3) is 0.400. The maximum Gasteiger partial charge on any atom is 0.0795 e. The Kier molecular flexibility index (Phi) is 3.43. The molecule has 1 heterocycles. The van der Waals surface area contributed by atoms with Crippen LogP contribution in [0.15, 0.2) is 35.2 Å². The monoisotopic (exact) mass is 258 g/mol. The molecule has 0 radical (unpaired) electrons. The highest BCUT2D eigenvalue weighted by atomic mass is 32.1. The average molecular weight is 258 g/mol. The number of hydrogen-bond donors (Lipinski definition) is 1. The van der Waals surface area contributed by atoms with Gasteiger partial charge in [-0.05, 0) is 31.2 Å². The first-order valence-corrected chi connectivity index (χ1v) is 7.42. The molecule has 1 aromatic carbocycles. The Bertz CT molecular complexity index is 484. The Morgan fingerprint density at radius 3 is 2.72 bits per heavy atom. The van der Waals surface area contributed by atoms with Gasteiger partial charge in [-0.3, -0.25) is 0 Å². The van der Waals surface area contributed by atoms with E-state index in [1.807, 2.05) is 5.51 Å². The summed E-state index contributed by atoms with van der Waals surface area (Å²) in [6.45, 7) is 3.05. The molecule has 1 saturated carbocycles. The third kappa shape index (κ3) is 2.62. The minimum Gasteiger partial charge on any atom is -0.308 e. The van der Waals surface area contributed by atoms with Crippen molar-refractivity contribution < 1.29 is 0 Å². The summed E-state index contributed by atoms with van der Waals surface area (Å²) >= 11 is 1.66. The standard InChI is InChI=1S/C15H18N2S/c1-11-2-4-12(5-3-11)13-6-14(7-13)16-8-15-9-18-10-17-15/h2-5,9-10,13-14,16H,6-8H2,1H3. The molecule has 2 aromatic rings. The average Bonchev–Trinajstić information content (AvgIpc) is 2.82. The largest absolute Gasteiger partial charge is 0.308 e. The van der Waals surface area contributed by atoms with Crippen LogP contribution in [0, 0.1) is 6.92 Å².